The Bertz CT molecular complexity index is 1760. The van der Waals surface area contributed by atoms with E-state index in [1.165, 1.54) is 12.6 Å². The van der Waals surface area contributed by atoms with Crippen LogP contribution in [0.1, 0.15) is 50.7 Å². The smallest absolute Gasteiger partial charge is 0.407 e. The molecule has 4 N–H and O–H groups in total. The minimum Gasteiger partial charge on any atom is -0.497 e. The predicted molar refractivity (Wildman–Crippen MR) is 191 cm³/mol. The van der Waals surface area contributed by atoms with Crippen molar-refractivity contribution in [2.75, 3.05) is 43.0 Å². The van der Waals surface area contributed by atoms with Crippen molar-refractivity contribution in [3.8, 4) is 5.75 Å². The summed E-state index contributed by atoms with van der Waals surface area (Å²) in [7, 11) is -3.00. The van der Waals surface area contributed by atoms with E-state index in [2.05, 4.69) is 26.3 Å². The highest BCUT2D eigenvalue weighted by molar-refractivity contribution is 7.93. The number of amides is 2. The lowest BCUT2D eigenvalue weighted by Gasteiger charge is -2.24. The second-order valence-corrected chi connectivity index (χ2v) is 15.2. The van der Waals surface area contributed by atoms with Crippen LogP contribution in [0, 0.1) is 11.7 Å². The van der Waals surface area contributed by atoms with Gasteiger partial charge < -0.3 is 35.5 Å². The van der Waals surface area contributed by atoms with Gasteiger partial charge in [-0.15, -0.1) is 11.3 Å². The zero-order chi connectivity index (χ0) is 37.1. The zero-order valence-electron chi connectivity index (χ0n) is 28.5. The van der Waals surface area contributed by atoms with Crippen LogP contribution in [0.25, 0.3) is 0 Å². The Morgan fingerprint density at radius 1 is 1.04 bits per heavy atom. The van der Waals surface area contributed by atoms with Gasteiger partial charge in [0.1, 0.15) is 22.2 Å². The Balaban J connectivity index is 1.72. The molecule has 0 bridgehead atoms. The number of carbonyl (C=O) groups excluding carboxylic acids is 3. The van der Waals surface area contributed by atoms with Crippen LogP contribution in [0.4, 0.5) is 19.9 Å². The summed E-state index contributed by atoms with van der Waals surface area (Å²) in [6.45, 7) is 8.93. The summed E-state index contributed by atoms with van der Waals surface area (Å²) in [5, 5.41) is 10.5. The van der Waals surface area contributed by atoms with Gasteiger partial charge in [-0.3, -0.25) is 9.10 Å². The van der Waals surface area contributed by atoms with Crippen LogP contribution >= 0.6 is 23.6 Å². The molecule has 1 aromatic heterocycles. The molecule has 1 heterocycles. The molecule has 2 amide bonds. The number of halogens is 1. The number of benzene rings is 2. The Hall–Kier alpha value is -4.55. The lowest BCUT2D eigenvalue weighted by atomic mass is 10.2. The van der Waals surface area contributed by atoms with Crippen molar-refractivity contribution in [3.05, 3.63) is 65.0 Å². The summed E-state index contributed by atoms with van der Waals surface area (Å²) in [4.78, 5) is 40.8. The second-order valence-electron chi connectivity index (χ2n) is 12.1. The van der Waals surface area contributed by atoms with Gasteiger partial charge in [0.25, 0.3) is 10.0 Å². The van der Waals surface area contributed by atoms with Crippen molar-refractivity contribution < 1.29 is 41.4 Å². The van der Waals surface area contributed by atoms with Crippen LogP contribution in [0.3, 0.4) is 0 Å². The van der Waals surface area contributed by atoms with E-state index < -0.39 is 44.3 Å². The largest absolute Gasteiger partial charge is 0.497 e. The number of anilines is 2. The summed E-state index contributed by atoms with van der Waals surface area (Å²) < 4.78 is 60.1. The molecule has 0 radical (unpaired) electrons. The molecule has 2 aromatic carbocycles. The molecule has 14 nitrogen and oxygen atoms in total. The molecular formula is C32H41FN6O8S3. The number of hydrogen-bond acceptors (Lipinski definition) is 11. The molecule has 18 heteroatoms. The third-order valence-electron chi connectivity index (χ3n) is 6.29. The topological polar surface area (TPSA) is 177 Å². The molecule has 0 saturated carbocycles. The second kappa shape index (κ2) is 17.9. The van der Waals surface area contributed by atoms with Gasteiger partial charge in [-0.05, 0) is 74.8 Å². The van der Waals surface area contributed by atoms with E-state index in [9.17, 15) is 22.8 Å². The fraction of sp³-hybridized carbons (Fsp3) is 0.406. The van der Waals surface area contributed by atoms with E-state index in [1.54, 1.807) is 45.0 Å². The van der Waals surface area contributed by atoms with Crippen LogP contribution < -0.4 is 30.3 Å². The van der Waals surface area contributed by atoms with Crippen LogP contribution in [0.5, 0.6) is 5.75 Å². The highest BCUT2D eigenvalue weighted by Gasteiger charge is 2.32. The van der Waals surface area contributed by atoms with Gasteiger partial charge in [0, 0.05) is 13.1 Å². The van der Waals surface area contributed by atoms with E-state index in [1.807, 2.05) is 13.8 Å². The molecule has 0 aliphatic rings. The first kappa shape index (κ1) is 39.9. The SMILES string of the molecule is COc1ccc(CN(c2scnc2C(=O)OCC(C)C)S(=O)(=O)c2ccc(NC(=O)CNC(=S)NCCNC(=O)OC(C)(C)C)c(F)c2)cc1. The number of rotatable bonds is 15. The van der Waals surface area contributed by atoms with Crippen molar-refractivity contribution in [3.63, 3.8) is 0 Å². The van der Waals surface area contributed by atoms with Crippen molar-refractivity contribution in [2.24, 2.45) is 5.92 Å². The van der Waals surface area contributed by atoms with Crippen molar-refractivity contribution >= 4 is 67.3 Å². The van der Waals surface area contributed by atoms with Gasteiger partial charge in [0.15, 0.2) is 10.8 Å². The molecule has 3 aromatic rings. The van der Waals surface area contributed by atoms with E-state index >= 15 is 4.39 Å². The van der Waals surface area contributed by atoms with Gasteiger partial charge >= 0.3 is 12.1 Å². The number of ether oxygens (including phenoxy) is 3. The fourth-order valence-corrected chi connectivity index (χ4v) is 6.64. The number of nitrogens with one attached hydrogen (secondary N) is 4. The molecule has 0 aliphatic heterocycles. The summed E-state index contributed by atoms with van der Waals surface area (Å²) in [6, 6.07) is 9.68. The number of aromatic nitrogens is 1. The van der Waals surface area contributed by atoms with Crippen LogP contribution in [0.15, 0.2) is 52.9 Å². The number of sulfonamides is 1. The molecule has 272 valence electrons. The summed E-state index contributed by atoms with van der Waals surface area (Å²) >= 11 is 6.04. The Labute approximate surface area is 300 Å². The number of thiazole rings is 1. The van der Waals surface area contributed by atoms with Crippen molar-refractivity contribution in [2.45, 2.75) is 51.7 Å². The third kappa shape index (κ3) is 12.1. The molecule has 0 aliphatic carbocycles. The maximum Gasteiger partial charge on any atom is 0.407 e. The van der Waals surface area contributed by atoms with Crippen molar-refractivity contribution in [1.82, 2.24) is 20.9 Å². The number of esters is 1. The Kier molecular flexibility index (Phi) is 14.3. The molecule has 0 unspecified atom stereocenters. The zero-order valence-corrected chi connectivity index (χ0v) is 30.9. The summed E-state index contributed by atoms with van der Waals surface area (Å²) in [5.41, 5.74) is 0.773. The molecule has 0 saturated heterocycles. The Morgan fingerprint density at radius 2 is 1.72 bits per heavy atom. The third-order valence-corrected chi connectivity index (χ3v) is 9.29. The highest BCUT2D eigenvalue weighted by atomic mass is 32.2. The molecule has 3 rings (SSSR count). The average Bonchev–Trinajstić information content (AvgIpc) is 3.53. The number of thiocarbonyl (C=S) groups is 1. The van der Waals surface area contributed by atoms with Gasteiger partial charge in [-0.25, -0.2) is 27.4 Å². The number of carbonyl (C=O) groups is 3. The molecule has 50 heavy (non-hydrogen) atoms. The minimum absolute atomic E-state index is 0.0105. The molecular weight excluding hydrogens is 712 g/mol. The predicted octanol–water partition coefficient (Wildman–Crippen LogP) is 4.43. The Morgan fingerprint density at radius 3 is 2.34 bits per heavy atom. The first-order chi connectivity index (χ1) is 23.5. The van der Waals surface area contributed by atoms with Gasteiger partial charge in [0.05, 0.1) is 42.9 Å². The van der Waals surface area contributed by atoms with Gasteiger partial charge in [0.2, 0.25) is 5.91 Å². The quantitative estimate of drug-likeness (QED) is 0.0978. The summed E-state index contributed by atoms with van der Waals surface area (Å²) in [5.74, 6) is -1.88. The first-order valence-electron chi connectivity index (χ1n) is 15.3. The van der Waals surface area contributed by atoms with Crippen molar-refractivity contribution in [1.29, 1.82) is 0 Å². The van der Waals surface area contributed by atoms with Gasteiger partial charge in [-0.2, -0.15) is 0 Å². The number of nitrogens with zero attached hydrogens (tertiary/aromatic N) is 2. The number of alkyl carbamates (subject to hydrolysis) is 1. The minimum atomic E-state index is -4.50. The lowest BCUT2D eigenvalue weighted by molar-refractivity contribution is -0.115. The average molecular weight is 753 g/mol. The molecule has 0 spiro atoms. The van der Waals surface area contributed by atoms with E-state index in [-0.39, 0.29) is 60.2 Å². The van der Waals surface area contributed by atoms with Crippen LogP contribution in [-0.4, -0.2) is 75.4 Å². The highest BCUT2D eigenvalue weighted by Crippen LogP contribution is 2.34. The normalized spacial score (nSPS) is 11.4. The standard InChI is InChI=1S/C32H41FN6O8S3/c1-20(2)18-46-29(41)27-28(49-19-37-27)39(17-21-7-9-22(45-6)10-8-21)50(43,44)23-11-12-25(24(33)15-23)38-26(40)16-36-30(48)34-13-14-35-31(42)47-32(3,4)5/h7-12,15,19-20H,13-14,16-18H2,1-6H3,(H,35,42)(H,38,40)(H2,34,36,48). The maximum absolute atomic E-state index is 15.3. The summed E-state index contributed by atoms with van der Waals surface area (Å²) in [6.07, 6.45) is -0.585. The van der Waals surface area contributed by atoms with Crippen LogP contribution in [0.2, 0.25) is 0 Å². The van der Waals surface area contributed by atoms with Crippen LogP contribution in [-0.2, 0) is 30.8 Å². The van der Waals surface area contributed by atoms with E-state index in [4.69, 9.17) is 26.4 Å². The molecule has 0 fully saturated rings. The fourth-order valence-electron chi connectivity index (χ4n) is 3.99. The van der Waals surface area contributed by atoms with E-state index in [0.717, 1.165) is 33.8 Å². The molecule has 0 atom stereocenters. The number of hydrogen-bond donors (Lipinski definition) is 4. The van der Waals surface area contributed by atoms with E-state index in [0.29, 0.717) is 11.3 Å². The number of methoxy groups -OCH3 is 1. The first-order valence-corrected chi connectivity index (χ1v) is 18.1. The lowest BCUT2D eigenvalue weighted by Crippen LogP contribution is -2.43. The van der Waals surface area contributed by atoms with Gasteiger partial charge in [-0.1, -0.05) is 26.0 Å². The monoisotopic (exact) mass is 752 g/mol. The maximum atomic E-state index is 15.3.